The van der Waals surface area contributed by atoms with Crippen LogP contribution in [0.25, 0.3) is 0 Å². The van der Waals surface area contributed by atoms with Gasteiger partial charge in [-0.1, -0.05) is 12.1 Å². The standard InChI is InChI=1S/C17H20N2O5S/c1-19(11-12-4-6-13(7-5-12)17(18)20)25(21,22)14-8-9-15(23-2)16(10-14)24-3/h4-10H,11H2,1-3H3,(H2,18,20). The third-order valence-electron chi connectivity index (χ3n) is 3.71. The molecule has 0 spiro atoms. The lowest BCUT2D eigenvalue weighted by molar-refractivity contribution is 0.1000. The Hall–Kier alpha value is -2.58. The molecule has 0 aliphatic carbocycles. The van der Waals surface area contributed by atoms with Gasteiger partial charge in [0, 0.05) is 25.2 Å². The van der Waals surface area contributed by atoms with Crippen molar-refractivity contribution in [2.75, 3.05) is 21.3 Å². The number of nitrogens with zero attached hydrogens (tertiary/aromatic N) is 1. The zero-order valence-corrected chi connectivity index (χ0v) is 15.0. The van der Waals surface area contributed by atoms with Crippen molar-refractivity contribution >= 4 is 15.9 Å². The molecule has 2 aromatic rings. The highest BCUT2D eigenvalue weighted by molar-refractivity contribution is 7.89. The van der Waals surface area contributed by atoms with Gasteiger partial charge in [0.2, 0.25) is 15.9 Å². The largest absolute Gasteiger partial charge is 0.493 e. The van der Waals surface area contributed by atoms with Crippen LogP contribution in [0.5, 0.6) is 11.5 Å². The number of hydrogen-bond donors (Lipinski definition) is 1. The van der Waals surface area contributed by atoms with Gasteiger partial charge in [0.05, 0.1) is 19.1 Å². The number of primary amides is 1. The summed E-state index contributed by atoms with van der Waals surface area (Å²) >= 11 is 0. The number of sulfonamides is 1. The molecule has 2 rings (SSSR count). The topological polar surface area (TPSA) is 98.9 Å². The van der Waals surface area contributed by atoms with Gasteiger partial charge >= 0.3 is 0 Å². The molecule has 0 bridgehead atoms. The number of rotatable bonds is 7. The fraction of sp³-hybridized carbons (Fsp3) is 0.235. The summed E-state index contributed by atoms with van der Waals surface area (Å²) in [6, 6.07) is 10.9. The number of nitrogens with two attached hydrogens (primary N) is 1. The molecule has 0 radical (unpaired) electrons. The van der Waals surface area contributed by atoms with Crippen LogP contribution in [-0.2, 0) is 16.6 Å². The molecule has 25 heavy (non-hydrogen) atoms. The van der Waals surface area contributed by atoms with Gasteiger partial charge < -0.3 is 15.2 Å². The number of methoxy groups -OCH3 is 2. The van der Waals surface area contributed by atoms with Crippen molar-refractivity contribution < 1.29 is 22.7 Å². The smallest absolute Gasteiger partial charge is 0.248 e. The monoisotopic (exact) mass is 364 g/mol. The van der Waals surface area contributed by atoms with Crippen LogP contribution in [0.2, 0.25) is 0 Å². The normalized spacial score (nSPS) is 11.4. The van der Waals surface area contributed by atoms with Crippen molar-refractivity contribution in [2.45, 2.75) is 11.4 Å². The van der Waals surface area contributed by atoms with Crippen molar-refractivity contribution in [1.82, 2.24) is 4.31 Å². The summed E-state index contributed by atoms with van der Waals surface area (Å²) < 4.78 is 37.0. The minimum atomic E-state index is -3.72. The minimum Gasteiger partial charge on any atom is -0.493 e. The van der Waals surface area contributed by atoms with Crippen molar-refractivity contribution in [3.63, 3.8) is 0 Å². The SMILES string of the molecule is COc1ccc(S(=O)(=O)N(C)Cc2ccc(C(N)=O)cc2)cc1OC. The first-order chi connectivity index (χ1) is 11.8. The summed E-state index contributed by atoms with van der Waals surface area (Å²) in [5.41, 5.74) is 6.30. The van der Waals surface area contributed by atoms with Crippen LogP contribution in [0, 0.1) is 0 Å². The number of amides is 1. The Labute approximate surface area is 147 Å². The molecule has 0 heterocycles. The van der Waals surface area contributed by atoms with E-state index in [-0.39, 0.29) is 11.4 Å². The third-order valence-corrected chi connectivity index (χ3v) is 5.51. The molecule has 2 aromatic carbocycles. The molecular weight excluding hydrogens is 344 g/mol. The summed E-state index contributed by atoms with van der Waals surface area (Å²) in [7, 11) is 0.688. The summed E-state index contributed by atoms with van der Waals surface area (Å²) in [6.45, 7) is 0.149. The quantitative estimate of drug-likeness (QED) is 0.805. The Morgan fingerprint density at radius 1 is 1.04 bits per heavy atom. The van der Waals surface area contributed by atoms with E-state index in [2.05, 4.69) is 0 Å². The van der Waals surface area contributed by atoms with Crippen molar-refractivity contribution in [1.29, 1.82) is 0 Å². The van der Waals surface area contributed by atoms with E-state index in [4.69, 9.17) is 15.2 Å². The fourth-order valence-corrected chi connectivity index (χ4v) is 3.45. The zero-order chi connectivity index (χ0) is 18.6. The lowest BCUT2D eigenvalue weighted by Gasteiger charge is -2.18. The molecule has 0 fully saturated rings. The second-order valence-electron chi connectivity index (χ2n) is 5.34. The Kier molecular flexibility index (Phi) is 5.66. The average molecular weight is 364 g/mol. The number of ether oxygens (including phenoxy) is 2. The summed E-state index contributed by atoms with van der Waals surface area (Å²) in [6.07, 6.45) is 0. The van der Waals surface area contributed by atoms with Gasteiger partial charge in [-0.3, -0.25) is 4.79 Å². The van der Waals surface area contributed by atoms with Gasteiger partial charge in [-0.25, -0.2) is 8.42 Å². The first kappa shape index (κ1) is 18.8. The van der Waals surface area contributed by atoms with E-state index in [1.807, 2.05) is 0 Å². The highest BCUT2D eigenvalue weighted by atomic mass is 32.2. The van der Waals surface area contributed by atoms with Gasteiger partial charge in [-0.05, 0) is 29.8 Å². The van der Waals surface area contributed by atoms with E-state index < -0.39 is 15.9 Å². The first-order valence-corrected chi connectivity index (χ1v) is 8.80. The maximum Gasteiger partial charge on any atom is 0.248 e. The molecular formula is C17H20N2O5S. The van der Waals surface area contributed by atoms with Crippen molar-refractivity contribution in [3.05, 3.63) is 53.6 Å². The number of benzene rings is 2. The van der Waals surface area contributed by atoms with Gasteiger partial charge in [0.1, 0.15) is 0 Å². The molecule has 0 atom stereocenters. The van der Waals surface area contributed by atoms with E-state index in [1.165, 1.54) is 37.7 Å². The third kappa shape index (κ3) is 4.09. The van der Waals surface area contributed by atoms with Gasteiger partial charge in [-0.2, -0.15) is 4.31 Å². The van der Waals surface area contributed by atoms with E-state index in [1.54, 1.807) is 30.3 Å². The van der Waals surface area contributed by atoms with Crippen LogP contribution < -0.4 is 15.2 Å². The van der Waals surface area contributed by atoms with Crippen LogP contribution >= 0.6 is 0 Å². The predicted molar refractivity (Wildman–Crippen MR) is 93.2 cm³/mol. The van der Waals surface area contributed by atoms with Crippen LogP contribution in [0.3, 0.4) is 0 Å². The lowest BCUT2D eigenvalue weighted by Crippen LogP contribution is -2.26. The number of carbonyl (C=O) groups is 1. The molecule has 0 saturated carbocycles. The molecule has 0 aliphatic rings. The Bertz CT molecular complexity index is 863. The Morgan fingerprint density at radius 3 is 2.16 bits per heavy atom. The molecule has 0 unspecified atom stereocenters. The van der Waals surface area contributed by atoms with E-state index >= 15 is 0 Å². The van der Waals surface area contributed by atoms with Crippen LogP contribution in [0.1, 0.15) is 15.9 Å². The summed E-state index contributed by atoms with van der Waals surface area (Å²) in [4.78, 5) is 11.2. The van der Waals surface area contributed by atoms with Crippen LogP contribution in [0.4, 0.5) is 0 Å². The van der Waals surface area contributed by atoms with Gasteiger partial charge in [-0.15, -0.1) is 0 Å². The Balaban J connectivity index is 2.25. The molecule has 0 aliphatic heterocycles. The second kappa shape index (κ2) is 7.54. The van der Waals surface area contributed by atoms with E-state index in [0.717, 1.165) is 5.56 Å². The molecule has 2 N–H and O–H groups in total. The van der Waals surface area contributed by atoms with Crippen molar-refractivity contribution in [2.24, 2.45) is 5.73 Å². The maximum atomic E-state index is 12.7. The average Bonchev–Trinajstić information content (AvgIpc) is 2.61. The molecule has 8 heteroatoms. The predicted octanol–water partition coefficient (Wildman–Crippen LogP) is 1.62. The second-order valence-corrected chi connectivity index (χ2v) is 7.38. The molecule has 0 saturated heterocycles. The van der Waals surface area contributed by atoms with E-state index in [9.17, 15) is 13.2 Å². The first-order valence-electron chi connectivity index (χ1n) is 7.36. The van der Waals surface area contributed by atoms with Gasteiger partial charge in [0.25, 0.3) is 0 Å². The van der Waals surface area contributed by atoms with Crippen molar-refractivity contribution in [3.8, 4) is 11.5 Å². The van der Waals surface area contributed by atoms with Gasteiger partial charge in [0.15, 0.2) is 11.5 Å². The highest BCUT2D eigenvalue weighted by Gasteiger charge is 2.22. The maximum absolute atomic E-state index is 12.7. The zero-order valence-electron chi connectivity index (χ0n) is 14.2. The number of hydrogen-bond acceptors (Lipinski definition) is 5. The lowest BCUT2D eigenvalue weighted by atomic mass is 10.1. The fourth-order valence-electron chi connectivity index (χ4n) is 2.27. The van der Waals surface area contributed by atoms with E-state index in [0.29, 0.717) is 17.1 Å². The highest BCUT2D eigenvalue weighted by Crippen LogP contribution is 2.30. The Morgan fingerprint density at radius 2 is 1.64 bits per heavy atom. The summed E-state index contributed by atoms with van der Waals surface area (Å²) in [5.74, 6) is 0.256. The van der Waals surface area contributed by atoms with Crippen LogP contribution in [0.15, 0.2) is 47.4 Å². The van der Waals surface area contributed by atoms with Crippen LogP contribution in [-0.4, -0.2) is 39.9 Å². The molecule has 0 aromatic heterocycles. The number of carbonyl (C=O) groups excluding carboxylic acids is 1. The molecule has 134 valence electrons. The molecule has 1 amide bonds. The minimum absolute atomic E-state index is 0.0985. The molecule has 7 nitrogen and oxygen atoms in total. The summed E-state index contributed by atoms with van der Waals surface area (Å²) in [5, 5.41) is 0.